The largest absolute Gasteiger partial charge is 0.396 e. The molecule has 102 valence electrons. The molecule has 0 bridgehead atoms. The van der Waals surface area contributed by atoms with E-state index in [0.29, 0.717) is 17.3 Å². The zero-order valence-electron chi connectivity index (χ0n) is 11.5. The highest BCUT2D eigenvalue weighted by Gasteiger charge is 2.16. The number of benzene rings is 1. The number of piperidine rings is 1. The van der Waals surface area contributed by atoms with E-state index in [0.717, 1.165) is 12.2 Å². The van der Waals surface area contributed by atoms with E-state index < -0.39 is 0 Å². The molecule has 1 unspecified atom stereocenters. The number of nitriles is 1. The Labute approximate surface area is 115 Å². The van der Waals surface area contributed by atoms with Crippen LogP contribution in [0.25, 0.3) is 0 Å². The molecule has 1 aliphatic rings. The van der Waals surface area contributed by atoms with E-state index in [2.05, 4.69) is 23.2 Å². The smallest absolute Gasteiger partial charge is 0.101 e. The van der Waals surface area contributed by atoms with Crippen molar-refractivity contribution in [2.24, 2.45) is 0 Å². The summed E-state index contributed by atoms with van der Waals surface area (Å²) in [5, 5.41) is 12.3. The van der Waals surface area contributed by atoms with E-state index in [9.17, 15) is 0 Å². The lowest BCUT2D eigenvalue weighted by Crippen LogP contribution is -2.41. The molecule has 0 aliphatic carbocycles. The fourth-order valence-electron chi connectivity index (χ4n) is 2.56. The van der Waals surface area contributed by atoms with E-state index in [4.69, 9.17) is 11.0 Å². The van der Waals surface area contributed by atoms with Crippen LogP contribution in [-0.2, 0) is 0 Å². The van der Waals surface area contributed by atoms with Gasteiger partial charge < -0.3 is 11.1 Å². The number of rotatable bonds is 4. The molecule has 0 saturated carbocycles. The standard InChI is InChI=1S/C15H22N4/c1-12(19-8-3-2-4-9-19)11-18-14-7-5-6-13(10-16)15(14)17/h5-7,12,18H,2-4,8-9,11,17H2,1H3. The Bertz CT molecular complexity index is 458. The van der Waals surface area contributed by atoms with Crippen molar-refractivity contribution in [3.05, 3.63) is 23.8 Å². The normalized spacial score (nSPS) is 17.7. The van der Waals surface area contributed by atoms with E-state index >= 15 is 0 Å². The summed E-state index contributed by atoms with van der Waals surface area (Å²) in [6.07, 6.45) is 3.96. The molecule has 4 nitrogen and oxygen atoms in total. The Hall–Kier alpha value is -1.73. The van der Waals surface area contributed by atoms with Crippen molar-refractivity contribution in [3.8, 4) is 6.07 Å². The second kappa shape index (κ2) is 6.44. The maximum Gasteiger partial charge on any atom is 0.101 e. The predicted molar refractivity (Wildman–Crippen MR) is 78.9 cm³/mol. The van der Waals surface area contributed by atoms with Crippen LogP contribution in [0.4, 0.5) is 11.4 Å². The number of anilines is 2. The minimum Gasteiger partial charge on any atom is -0.396 e. The van der Waals surface area contributed by atoms with Gasteiger partial charge in [0.15, 0.2) is 0 Å². The van der Waals surface area contributed by atoms with Gasteiger partial charge in [-0.25, -0.2) is 0 Å². The van der Waals surface area contributed by atoms with Crippen LogP contribution < -0.4 is 11.1 Å². The van der Waals surface area contributed by atoms with Crippen LogP contribution in [0.3, 0.4) is 0 Å². The number of likely N-dealkylation sites (tertiary alicyclic amines) is 1. The van der Waals surface area contributed by atoms with Gasteiger partial charge >= 0.3 is 0 Å². The second-order valence-electron chi connectivity index (χ2n) is 5.21. The third-order valence-corrected chi connectivity index (χ3v) is 3.83. The van der Waals surface area contributed by atoms with Gasteiger partial charge in [-0.2, -0.15) is 5.26 Å². The van der Waals surface area contributed by atoms with E-state index in [1.54, 1.807) is 6.07 Å². The minimum atomic E-state index is 0.491. The van der Waals surface area contributed by atoms with Crippen LogP contribution in [0.15, 0.2) is 18.2 Å². The topological polar surface area (TPSA) is 65.1 Å². The van der Waals surface area contributed by atoms with Crippen LogP contribution in [0, 0.1) is 11.3 Å². The first-order valence-corrected chi connectivity index (χ1v) is 6.99. The molecular weight excluding hydrogens is 236 g/mol. The van der Waals surface area contributed by atoms with Gasteiger partial charge in [0.2, 0.25) is 0 Å². The van der Waals surface area contributed by atoms with Gasteiger partial charge in [0.1, 0.15) is 6.07 Å². The third kappa shape index (κ3) is 3.39. The molecule has 2 rings (SSSR count). The SMILES string of the molecule is CC(CNc1cccc(C#N)c1N)N1CCCCC1. The number of nitrogen functional groups attached to an aromatic ring is 1. The number of para-hydroxylation sites is 1. The van der Waals surface area contributed by atoms with E-state index in [1.165, 1.54) is 32.4 Å². The molecule has 1 aromatic carbocycles. The van der Waals surface area contributed by atoms with Crippen molar-refractivity contribution >= 4 is 11.4 Å². The molecule has 1 atom stereocenters. The zero-order valence-corrected chi connectivity index (χ0v) is 11.5. The lowest BCUT2D eigenvalue weighted by molar-refractivity contribution is 0.180. The van der Waals surface area contributed by atoms with Gasteiger partial charge in [-0.3, -0.25) is 4.90 Å². The summed E-state index contributed by atoms with van der Waals surface area (Å²) in [5.41, 5.74) is 7.91. The maximum absolute atomic E-state index is 8.96. The third-order valence-electron chi connectivity index (χ3n) is 3.83. The number of nitrogens with zero attached hydrogens (tertiary/aromatic N) is 2. The molecule has 1 saturated heterocycles. The van der Waals surface area contributed by atoms with Crippen molar-refractivity contribution in [1.29, 1.82) is 5.26 Å². The number of hydrogen-bond acceptors (Lipinski definition) is 4. The molecule has 1 fully saturated rings. The highest BCUT2D eigenvalue weighted by molar-refractivity contribution is 5.72. The molecule has 3 N–H and O–H groups in total. The Morgan fingerprint density at radius 2 is 2.11 bits per heavy atom. The molecule has 0 radical (unpaired) electrons. The minimum absolute atomic E-state index is 0.491. The van der Waals surface area contributed by atoms with Crippen molar-refractivity contribution < 1.29 is 0 Å². The summed E-state index contributed by atoms with van der Waals surface area (Å²) in [6, 6.07) is 8.14. The highest BCUT2D eigenvalue weighted by Crippen LogP contribution is 2.22. The lowest BCUT2D eigenvalue weighted by atomic mass is 10.1. The molecule has 19 heavy (non-hydrogen) atoms. The summed E-state index contributed by atoms with van der Waals surface area (Å²) in [6.45, 7) is 5.48. The molecule has 0 spiro atoms. The molecule has 1 aromatic rings. The van der Waals surface area contributed by atoms with Gasteiger partial charge in [0.25, 0.3) is 0 Å². The van der Waals surface area contributed by atoms with Crippen LogP contribution in [-0.4, -0.2) is 30.6 Å². The molecular formula is C15H22N4. The monoisotopic (exact) mass is 258 g/mol. The Balaban J connectivity index is 1.93. The Morgan fingerprint density at radius 1 is 1.37 bits per heavy atom. The van der Waals surface area contributed by atoms with E-state index in [-0.39, 0.29) is 0 Å². The van der Waals surface area contributed by atoms with E-state index in [1.807, 2.05) is 12.1 Å². The zero-order chi connectivity index (χ0) is 13.7. The van der Waals surface area contributed by atoms with Gasteiger partial charge in [-0.1, -0.05) is 12.5 Å². The van der Waals surface area contributed by atoms with Crippen LogP contribution >= 0.6 is 0 Å². The molecule has 0 aromatic heterocycles. The van der Waals surface area contributed by atoms with Crippen molar-refractivity contribution in [2.75, 3.05) is 30.7 Å². The summed E-state index contributed by atoms with van der Waals surface area (Å²) in [4.78, 5) is 2.51. The van der Waals surface area contributed by atoms with Gasteiger partial charge in [0.05, 0.1) is 16.9 Å². The molecule has 4 heteroatoms. The summed E-state index contributed by atoms with van der Waals surface area (Å²) in [5.74, 6) is 0. The van der Waals surface area contributed by atoms with Crippen LogP contribution in [0.1, 0.15) is 31.7 Å². The molecule has 1 heterocycles. The fraction of sp³-hybridized carbons (Fsp3) is 0.533. The fourth-order valence-corrected chi connectivity index (χ4v) is 2.56. The molecule has 1 aliphatic heterocycles. The predicted octanol–water partition coefficient (Wildman–Crippen LogP) is 2.43. The number of nitrogens with one attached hydrogen (secondary N) is 1. The van der Waals surface area contributed by atoms with Crippen molar-refractivity contribution in [3.63, 3.8) is 0 Å². The Morgan fingerprint density at radius 3 is 2.79 bits per heavy atom. The first-order chi connectivity index (χ1) is 9.22. The first kappa shape index (κ1) is 13.7. The van der Waals surface area contributed by atoms with Gasteiger partial charge in [-0.15, -0.1) is 0 Å². The number of hydrogen-bond donors (Lipinski definition) is 2. The van der Waals surface area contributed by atoms with Crippen LogP contribution in [0.5, 0.6) is 0 Å². The van der Waals surface area contributed by atoms with Crippen molar-refractivity contribution in [1.82, 2.24) is 4.90 Å². The summed E-state index contributed by atoms with van der Waals surface area (Å²) < 4.78 is 0. The second-order valence-corrected chi connectivity index (χ2v) is 5.21. The lowest BCUT2D eigenvalue weighted by Gasteiger charge is -2.32. The quantitative estimate of drug-likeness (QED) is 0.814. The van der Waals surface area contributed by atoms with Crippen LogP contribution in [0.2, 0.25) is 0 Å². The number of nitrogens with two attached hydrogens (primary N) is 1. The van der Waals surface area contributed by atoms with Gasteiger partial charge in [-0.05, 0) is 45.0 Å². The Kier molecular flexibility index (Phi) is 4.64. The average molecular weight is 258 g/mol. The highest BCUT2D eigenvalue weighted by atomic mass is 15.2. The first-order valence-electron chi connectivity index (χ1n) is 6.99. The summed E-state index contributed by atoms with van der Waals surface area (Å²) in [7, 11) is 0. The molecule has 0 amide bonds. The maximum atomic E-state index is 8.96. The average Bonchev–Trinajstić information content (AvgIpc) is 2.47. The summed E-state index contributed by atoms with van der Waals surface area (Å²) >= 11 is 0. The van der Waals surface area contributed by atoms with Gasteiger partial charge in [0, 0.05) is 12.6 Å². The van der Waals surface area contributed by atoms with Crippen molar-refractivity contribution in [2.45, 2.75) is 32.2 Å².